The van der Waals surface area contributed by atoms with Gasteiger partial charge in [-0.25, -0.2) is 0 Å². The lowest BCUT2D eigenvalue weighted by Crippen LogP contribution is -2.34. The Labute approximate surface area is 132 Å². The van der Waals surface area contributed by atoms with Crippen LogP contribution >= 0.6 is 0 Å². The molecule has 2 amide bonds. The summed E-state index contributed by atoms with van der Waals surface area (Å²) in [6.07, 6.45) is -3.13. The molecule has 2 N–H and O–H groups in total. The van der Waals surface area contributed by atoms with E-state index in [2.05, 4.69) is 10.6 Å². The Hall–Kier alpha value is -2.05. The van der Waals surface area contributed by atoms with Crippen molar-refractivity contribution >= 4 is 17.5 Å². The molecule has 2 rings (SSSR count). The Bertz CT molecular complexity index is 584. The van der Waals surface area contributed by atoms with E-state index in [0.29, 0.717) is 6.42 Å². The Balaban J connectivity index is 1.88. The van der Waals surface area contributed by atoms with Gasteiger partial charge in [0.1, 0.15) is 0 Å². The zero-order chi connectivity index (χ0) is 17.2. The smallest absolute Gasteiger partial charge is 0.353 e. The van der Waals surface area contributed by atoms with Gasteiger partial charge in [-0.3, -0.25) is 9.59 Å². The van der Waals surface area contributed by atoms with Crippen molar-refractivity contribution in [1.82, 2.24) is 5.32 Å². The highest BCUT2D eigenvalue weighted by atomic mass is 19.4. The van der Waals surface area contributed by atoms with E-state index in [1.807, 2.05) is 13.8 Å². The predicted octanol–water partition coefficient (Wildman–Crippen LogP) is 3.19. The monoisotopic (exact) mass is 328 g/mol. The number of alkyl halides is 3. The molecule has 0 radical (unpaired) electrons. The number of halogens is 3. The number of hydrogen-bond acceptors (Lipinski definition) is 2. The molecule has 1 aromatic rings. The summed E-state index contributed by atoms with van der Waals surface area (Å²) < 4.78 is 37.4. The number of benzene rings is 1. The highest BCUT2D eigenvalue weighted by Crippen LogP contribution is 2.39. The number of rotatable bonds is 5. The van der Waals surface area contributed by atoms with Crippen LogP contribution in [0.15, 0.2) is 24.3 Å². The summed E-state index contributed by atoms with van der Waals surface area (Å²) in [6.45, 7) is 3.84. The molecule has 0 bridgehead atoms. The largest absolute Gasteiger partial charge is 0.416 e. The van der Waals surface area contributed by atoms with Crippen LogP contribution in [-0.4, -0.2) is 17.9 Å². The van der Waals surface area contributed by atoms with Gasteiger partial charge >= 0.3 is 6.18 Å². The van der Waals surface area contributed by atoms with E-state index in [9.17, 15) is 22.8 Å². The molecule has 3 unspecified atom stereocenters. The number of hydrogen-bond donors (Lipinski definition) is 2. The molecule has 0 aromatic heterocycles. The van der Waals surface area contributed by atoms with Gasteiger partial charge in [-0.1, -0.05) is 6.92 Å². The topological polar surface area (TPSA) is 58.2 Å². The van der Waals surface area contributed by atoms with Crippen LogP contribution in [0.4, 0.5) is 18.9 Å². The summed E-state index contributed by atoms with van der Waals surface area (Å²) in [5.74, 6) is -1.25. The third-order valence-corrected chi connectivity index (χ3v) is 3.94. The van der Waals surface area contributed by atoms with Gasteiger partial charge in [-0.2, -0.15) is 13.2 Å². The second kappa shape index (κ2) is 6.60. The molecular weight excluding hydrogens is 309 g/mol. The minimum absolute atomic E-state index is 0.0572. The lowest BCUT2D eigenvalue weighted by Gasteiger charge is -2.11. The van der Waals surface area contributed by atoms with Gasteiger partial charge in [0.25, 0.3) is 0 Å². The maximum atomic E-state index is 12.5. The fourth-order valence-corrected chi connectivity index (χ4v) is 2.20. The summed E-state index contributed by atoms with van der Waals surface area (Å²) in [7, 11) is 0. The van der Waals surface area contributed by atoms with Crippen molar-refractivity contribution in [2.24, 2.45) is 11.8 Å². The van der Waals surface area contributed by atoms with Gasteiger partial charge in [0.15, 0.2) is 0 Å². The van der Waals surface area contributed by atoms with Crippen LogP contribution in [0.25, 0.3) is 0 Å². The molecule has 0 heterocycles. The molecule has 0 aliphatic heterocycles. The number of carbonyl (C=O) groups is 2. The zero-order valence-corrected chi connectivity index (χ0v) is 12.9. The van der Waals surface area contributed by atoms with Crippen LogP contribution in [0.1, 0.15) is 32.3 Å². The maximum absolute atomic E-state index is 12.5. The van der Waals surface area contributed by atoms with Crippen molar-refractivity contribution in [3.8, 4) is 0 Å². The fraction of sp³-hybridized carbons (Fsp3) is 0.500. The van der Waals surface area contributed by atoms with Crippen LogP contribution in [0.2, 0.25) is 0 Å². The quantitative estimate of drug-likeness (QED) is 0.872. The van der Waals surface area contributed by atoms with E-state index in [1.54, 1.807) is 0 Å². The molecule has 1 saturated carbocycles. The first kappa shape index (κ1) is 17.3. The lowest BCUT2D eigenvalue weighted by molar-refractivity contribution is -0.137. The summed E-state index contributed by atoms with van der Waals surface area (Å²) in [4.78, 5) is 23.9. The normalized spacial score (nSPS) is 21.4. The SMILES string of the molecule is CCC(C)NC(=O)C1CC1C(=O)Nc1ccc(C(F)(F)F)cc1. The molecule has 1 aliphatic carbocycles. The third kappa shape index (κ3) is 4.46. The van der Waals surface area contributed by atoms with Crippen molar-refractivity contribution in [2.45, 2.75) is 38.9 Å². The molecule has 1 aromatic carbocycles. The number of amides is 2. The molecule has 0 spiro atoms. The first-order valence-corrected chi connectivity index (χ1v) is 7.51. The fourth-order valence-electron chi connectivity index (χ4n) is 2.20. The van der Waals surface area contributed by atoms with E-state index in [1.165, 1.54) is 12.1 Å². The molecule has 3 atom stereocenters. The van der Waals surface area contributed by atoms with E-state index >= 15 is 0 Å². The number of carbonyl (C=O) groups excluding carboxylic acids is 2. The lowest BCUT2D eigenvalue weighted by atomic mass is 10.2. The van der Waals surface area contributed by atoms with Crippen molar-refractivity contribution < 1.29 is 22.8 Å². The maximum Gasteiger partial charge on any atom is 0.416 e. The van der Waals surface area contributed by atoms with Crippen LogP contribution in [0.3, 0.4) is 0 Å². The van der Waals surface area contributed by atoms with Gasteiger partial charge in [0.2, 0.25) is 11.8 Å². The van der Waals surface area contributed by atoms with E-state index in [4.69, 9.17) is 0 Å². The Kier molecular flexibility index (Phi) is 4.97. The summed E-state index contributed by atoms with van der Waals surface area (Å²) in [5.41, 5.74) is -0.483. The third-order valence-electron chi connectivity index (χ3n) is 3.94. The zero-order valence-electron chi connectivity index (χ0n) is 12.9. The van der Waals surface area contributed by atoms with Crippen molar-refractivity contribution in [2.75, 3.05) is 5.32 Å². The van der Waals surface area contributed by atoms with Crippen molar-refractivity contribution in [1.29, 1.82) is 0 Å². The molecule has 23 heavy (non-hydrogen) atoms. The Morgan fingerprint density at radius 1 is 1.17 bits per heavy atom. The second-order valence-electron chi connectivity index (χ2n) is 5.83. The average Bonchev–Trinajstić information content (AvgIpc) is 3.27. The van der Waals surface area contributed by atoms with Crippen LogP contribution in [0, 0.1) is 11.8 Å². The van der Waals surface area contributed by atoms with Crippen LogP contribution < -0.4 is 10.6 Å². The molecule has 4 nitrogen and oxygen atoms in total. The summed E-state index contributed by atoms with van der Waals surface area (Å²) in [6, 6.07) is 4.29. The predicted molar refractivity (Wildman–Crippen MR) is 79.6 cm³/mol. The van der Waals surface area contributed by atoms with Crippen molar-refractivity contribution in [3.05, 3.63) is 29.8 Å². The molecular formula is C16H19F3N2O2. The van der Waals surface area contributed by atoms with Gasteiger partial charge < -0.3 is 10.6 Å². The minimum atomic E-state index is -4.40. The summed E-state index contributed by atoms with van der Waals surface area (Å²) >= 11 is 0. The molecule has 7 heteroatoms. The van der Waals surface area contributed by atoms with E-state index in [0.717, 1.165) is 18.6 Å². The standard InChI is InChI=1S/C16H19F3N2O2/c1-3-9(2)20-14(22)12-8-13(12)15(23)21-11-6-4-10(5-7-11)16(17,18)19/h4-7,9,12-13H,3,8H2,1-2H3,(H,20,22)(H,21,23). The van der Waals surface area contributed by atoms with E-state index in [-0.39, 0.29) is 29.5 Å². The second-order valence-corrected chi connectivity index (χ2v) is 5.83. The summed E-state index contributed by atoms with van der Waals surface area (Å²) in [5, 5.41) is 5.37. The molecule has 126 valence electrons. The van der Waals surface area contributed by atoms with Gasteiger partial charge in [-0.05, 0) is 44.0 Å². The molecule has 1 fully saturated rings. The minimum Gasteiger partial charge on any atom is -0.353 e. The number of nitrogens with one attached hydrogen (secondary N) is 2. The van der Waals surface area contributed by atoms with Gasteiger partial charge in [-0.15, -0.1) is 0 Å². The van der Waals surface area contributed by atoms with E-state index < -0.39 is 17.7 Å². The average molecular weight is 328 g/mol. The first-order valence-electron chi connectivity index (χ1n) is 7.51. The Morgan fingerprint density at radius 3 is 2.26 bits per heavy atom. The highest BCUT2D eigenvalue weighted by molar-refractivity contribution is 5.99. The molecule has 1 aliphatic rings. The van der Waals surface area contributed by atoms with Crippen LogP contribution in [0.5, 0.6) is 0 Å². The van der Waals surface area contributed by atoms with Crippen molar-refractivity contribution in [3.63, 3.8) is 0 Å². The molecule has 0 saturated heterocycles. The van der Waals surface area contributed by atoms with Gasteiger partial charge in [0, 0.05) is 11.7 Å². The Morgan fingerprint density at radius 2 is 1.74 bits per heavy atom. The highest BCUT2D eigenvalue weighted by Gasteiger charge is 2.48. The number of anilines is 1. The first-order chi connectivity index (χ1) is 10.7. The van der Waals surface area contributed by atoms with Gasteiger partial charge in [0.05, 0.1) is 17.4 Å². The van der Waals surface area contributed by atoms with Crippen LogP contribution in [-0.2, 0) is 15.8 Å².